The molecular weight excluding hydrogens is 425 g/mol. The van der Waals surface area contributed by atoms with Gasteiger partial charge in [-0.1, -0.05) is 36.4 Å². The van der Waals surface area contributed by atoms with Gasteiger partial charge in [-0.25, -0.2) is 4.39 Å². The third kappa shape index (κ3) is 4.05. The maximum atomic E-state index is 14.9. The van der Waals surface area contributed by atoms with E-state index in [4.69, 9.17) is 9.47 Å². The Morgan fingerprint density at radius 3 is 2.45 bits per heavy atom. The summed E-state index contributed by atoms with van der Waals surface area (Å²) in [4.78, 5) is 27.5. The van der Waals surface area contributed by atoms with Gasteiger partial charge in [0.1, 0.15) is 23.1 Å². The topological polar surface area (TPSA) is 76.1 Å². The van der Waals surface area contributed by atoms with Gasteiger partial charge in [0.15, 0.2) is 0 Å². The molecule has 3 aromatic rings. The van der Waals surface area contributed by atoms with Crippen molar-refractivity contribution in [3.8, 4) is 11.5 Å². The molecule has 4 rings (SSSR count). The first kappa shape index (κ1) is 22.1. The van der Waals surface area contributed by atoms with Crippen molar-refractivity contribution in [2.75, 3.05) is 18.6 Å². The van der Waals surface area contributed by atoms with Crippen molar-refractivity contribution in [2.24, 2.45) is 0 Å². The summed E-state index contributed by atoms with van der Waals surface area (Å²) in [5, 5.41) is 11.2. The molecule has 0 aromatic heterocycles. The minimum atomic E-state index is -1.17. The van der Waals surface area contributed by atoms with Crippen LogP contribution >= 0.6 is 0 Å². The van der Waals surface area contributed by atoms with E-state index < -0.39 is 29.3 Å². The molecule has 3 aromatic carbocycles. The second-order valence-electron chi connectivity index (χ2n) is 7.35. The van der Waals surface area contributed by atoms with Gasteiger partial charge in [0, 0.05) is 22.9 Å². The largest absolute Gasteiger partial charge is 0.507 e. The van der Waals surface area contributed by atoms with E-state index in [9.17, 15) is 19.1 Å². The van der Waals surface area contributed by atoms with Crippen LogP contribution in [0.15, 0.2) is 78.4 Å². The highest BCUT2D eigenvalue weighted by Gasteiger charge is 2.47. The van der Waals surface area contributed by atoms with E-state index >= 15 is 0 Å². The predicted molar refractivity (Wildman–Crippen MR) is 122 cm³/mol. The number of amides is 1. The highest BCUT2D eigenvalue weighted by Crippen LogP contribution is 2.43. The van der Waals surface area contributed by atoms with Gasteiger partial charge in [0.2, 0.25) is 0 Å². The lowest BCUT2D eigenvalue weighted by Gasteiger charge is -2.26. The van der Waals surface area contributed by atoms with Gasteiger partial charge in [-0.05, 0) is 37.3 Å². The average molecular weight is 447 g/mol. The molecule has 1 aliphatic rings. The Morgan fingerprint density at radius 2 is 1.73 bits per heavy atom. The summed E-state index contributed by atoms with van der Waals surface area (Å²) in [5.41, 5.74) is 0.501. The second kappa shape index (κ2) is 9.16. The third-order valence-electron chi connectivity index (χ3n) is 5.39. The van der Waals surface area contributed by atoms with Crippen molar-refractivity contribution in [3.63, 3.8) is 0 Å². The van der Waals surface area contributed by atoms with Crippen molar-refractivity contribution in [2.45, 2.75) is 13.0 Å². The number of ketones is 1. The molecule has 7 heteroatoms. The molecule has 1 N–H and O–H groups in total. The molecule has 0 spiro atoms. The zero-order chi connectivity index (χ0) is 23.5. The summed E-state index contributed by atoms with van der Waals surface area (Å²) < 4.78 is 25.7. The number of halogens is 1. The molecular formula is C26H22FNO5. The summed E-state index contributed by atoms with van der Waals surface area (Å²) in [5.74, 6) is -1.85. The van der Waals surface area contributed by atoms with Crippen LogP contribution in [-0.4, -0.2) is 30.5 Å². The molecule has 0 bridgehead atoms. The number of hydrogen-bond acceptors (Lipinski definition) is 5. The lowest BCUT2D eigenvalue weighted by Crippen LogP contribution is -2.29. The molecule has 33 heavy (non-hydrogen) atoms. The molecule has 1 atom stereocenters. The number of aliphatic hydroxyl groups excluding tert-OH is 1. The Hall–Kier alpha value is -4.13. The number of benzene rings is 3. The Balaban J connectivity index is 1.94. The minimum Gasteiger partial charge on any atom is -0.507 e. The Labute approximate surface area is 190 Å². The number of methoxy groups -OCH3 is 1. The number of aliphatic hydroxyl groups is 1. The summed E-state index contributed by atoms with van der Waals surface area (Å²) >= 11 is 0. The fraction of sp³-hybridized carbons (Fsp3) is 0.154. The van der Waals surface area contributed by atoms with Gasteiger partial charge in [0.25, 0.3) is 11.7 Å². The van der Waals surface area contributed by atoms with Gasteiger partial charge >= 0.3 is 0 Å². The predicted octanol–water partition coefficient (Wildman–Crippen LogP) is 4.86. The minimum absolute atomic E-state index is 0.0852. The van der Waals surface area contributed by atoms with Crippen LogP contribution in [0.3, 0.4) is 0 Å². The fourth-order valence-electron chi connectivity index (χ4n) is 3.91. The van der Waals surface area contributed by atoms with Gasteiger partial charge in [0.05, 0.1) is 25.3 Å². The van der Waals surface area contributed by atoms with E-state index in [1.165, 1.54) is 30.2 Å². The molecule has 1 saturated heterocycles. The zero-order valence-electron chi connectivity index (χ0n) is 18.1. The zero-order valence-corrected chi connectivity index (χ0v) is 18.1. The number of anilines is 1. The van der Waals surface area contributed by atoms with Gasteiger partial charge in [-0.2, -0.15) is 0 Å². The summed E-state index contributed by atoms with van der Waals surface area (Å²) in [6.45, 7) is 2.24. The molecule has 1 unspecified atom stereocenters. The molecule has 6 nitrogen and oxygen atoms in total. The van der Waals surface area contributed by atoms with Crippen molar-refractivity contribution < 1.29 is 28.6 Å². The van der Waals surface area contributed by atoms with Gasteiger partial charge in [-0.15, -0.1) is 0 Å². The first-order valence-corrected chi connectivity index (χ1v) is 10.4. The molecule has 0 aliphatic carbocycles. The van der Waals surface area contributed by atoms with Crippen molar-refractivity contribution in [1.29, 1.82) is 0 Å². The van der Waals surface area contributed by atoms with Crippen molar-refractivity contribution in [3.05, 3.63) is 95.3 Å². The van der Waals surface area contributed by atoms with Crippen LogP contribution < -0.4 is 14.4 Å². The molecule has 1 aliphatic heterocycles. The number of carbonyl (C=O) groups excluding carboxylic acids is 2. The lowest BCUT2D eigenvalue weighted by atomic mass is 9.94. The number of hydrogen-bond donors (Lipinski definition) is 1. The normalized spacial score (nSPS) is 17.3. The number of nitrogens with zero attached hydrogens (tertiary/aromatic N) is 1. The van der Waals surface area contributed by atoms with Gasteiger partial charge < -0.3 is 14.6 Å². The molecule has 0 radical (unpaired) electrons. The monoisotopic (exact) mass is 447 g/mol. The Bertz CT molecular complexity index is 1250. The Kier molecular flexibility index (Phi) is 6.13. The van der Waals surface area contributed by atoms with Crippen molar-refractivity contribution in [1.82, 2.24) is 0 Å². The molecule has 1 amide bonds. The quantitative estimate of drug-likeness (QED) is 0.332. The molecule has 168 valence electrons. The smallest absolute Gasteiger partial charge is 0.300 e. The second-order valence-corrected chi connectivity index (χ2v) is 7.35. The highest BCUT2D eigenvalue weighted by atomic mass is 19.1. The van der Waals surface area contributed by atoms with Gasteiger partial charge in [-0.3, -0.25) is 14.5 Å². The summed E-state index contributed by atoms with van der Waals surface area (Å²) in [6.07, 6.45) is 0. The number of rotatable bonds is 6. The SMILES string of the molecule is CCOc1cccc(/C(O)=C2\C(=O)C(=O)N(c3cccc(OC)c3)C2c2ccccc2F)c1. The summed E-state index contributed by atoms with van der Waals surface area (Å²) in [6, 6.07) is 17.8. The van der Waals surface area contributed by atoms with Crippen LogP contribution in [0, 0.1) is 5.82 Å². The third-order valence-corrected chi connectivity index (χ3v) is 5.39. The van der Waals surface area contributed by atoms with E-state index in [-0.39, 0.29) is 16.7 Å². The van der Waals surface area contributed by atoms with Crippen LogP contribution in [0.4, 0.5) is 10.1 Å². The standard InChI is InChI=1S/C26H22FNO5/c1-3-33-19-11-6-8-16(14-19)24(29)22-23(20-12-4-5-13-21(20)27)28(26(31)25(22)30)17-9-7-10-18(15-17)32-2/h4-15,23,29H,3H2,1-2H3/b24-22+. The highest BCUT2D eigenvalue weighted by molar-refractivity contribution is 6.51. The van der Waals surface area contributed by atoms with E-state index in [1.807, 2.05) is 6.92 Å². The van der Waals surface area contributed by atoms with E-state index in [2.05, 4.69) is 0 Å². The van der Waals surface area contributed by atoms with E-state index in [0.29, 0.717) is 23.8 Å². The van der Waals surface area contributed by atoms with Crippen molar-refractivity contribution >= 4 is 23.1 Å². The Morgan fingerprint density at radius 1 is 1.00 bits per heavy atom. The van der Waals surface area contributed by atoms with Crippen LogP contribution in [0.25, 0.3) is 5.76 Å². The number of ether oxygens (including phenoxy) is 2. The molecule has 0 saturated carbocycles. The first-order chi connectivity index (χ1) is 16.0. The van der Waals surface area contributed by atoms with E-state index in [0.717, 1.165) is 0 Å². The molecule has 1 heterocycles. The first-order valence-electron chi connectivity index (χ1n) is 10.4. The van der Waals surface area contributed by atoms with Crippen LogP contribution in [0.1, 0.15) is 24.1 Å². The van der Waals surface area contributed by atoms with E-state index in [1.54, 1.807) is 54.6 Å². The maximum Gasteiger partial charge on any atom is 0.300 e. The fourth-order valence-corrected chi connectivity index (χ4v) is 3.91. The lowest BCUT2D eigenvalue weighted by molar-refractivity contribution is -0.132. The van der Waals surface area contributed by atoms with Crippen LogP contribution in [-0.2, 0) is 9.59 Å². The maximum absolute atomic E-state index is 14.9. The van der Waals surface area contributed by atoms with Crippen LogP contribution in [0.2, 0.25) is 0 Å². The van der Waals surface area contributed by atoms with Crippen LogP contribution in [0.5, 0.6) is 11.5 Å². The summed E-state index contributed by atoms with van der Waals surface area (Å²) in [7, 11) is 1.48. The average Bonchev–Trinajstić information content (AvgIpc) is 3.09. The molecule has 1 fully saturated rings. The number of carbonyl (C=O) groups is 2. The number of Topliss-reactive ketones (excluding diaryl/α,β-unsaturated/α-hetero) is 1.